The number of aromatic nitrogens is 1. The Morgan fingerprint density at radius 3 is 2.32 bits per heavy atom. The maximum Gasteiger partial charge on any atom is 0.195 e. The van der Waals surface area contributed by atoms with Gasteiger partial charge in [-0.1, -0.05) is 0 Å². The lowest BCUT2D eigenvalue weighted by molar-refractivity contribution is 0.478. The van der Waals surface area contributed by atoms with Crippen LogP contribution in [0.1, 0.15) is 5.69 Å². The predicted molar refractivity (Wildman–Crippen MR) is 75.9 cm³/mol. The molecule has 106 valence electrons. The third-order valence-corrected chi connectivity index (χ3v) is 3.59. The molecule has 0 unspecified atom stereocenters. The fourth-order valence-electron chi connectivity index (χ4n) is 1.71. The van der Waals surface area contributed by atoms with E-state index in [4.69, 9.17) is 0 Å². The standard InChI is InChI=1S/C12H20N4O2S/c1-15(2)12(16(3)4)14-9-10-11(19(5,17)18)7-6-8-13-10/h6-8H,9H2,1-5H3. The van der Waals surface area contributed by atoms with E-state index in [0.29, 0.717) is 5.69 Å². The molecule has 0 N–H and O–H groups in total. The Balaban J connectivity index is 3.11. The van der Waals surface area contributed by atoms with Crippen molar-refractivity contribution < 1.29 is 8.42 Å². The minimum Gasteiger partial charge on any atom is -0.349 e. The molecule has 0 spiro atoms. The summed E-state index contributed by atoms with van der Waals surface area (Å²) in [6, 6.07) is 3.17. The fraction of sp³-hybridized carbons (Fsp3) is 0.500. The molecule has 6 nitrogen and oxygen atoms in total. The average Bonchev–Trinajstić information content (AvgIpc) is 2.27. The van der Waals surface area contributed by atoms with Crippen molar-refractivity contribution in [2.45, 2.75) is 11.4 Å². The van der Waals surface area contributed by atoms with E-state index < -0.39 is 9.84 Å². The van der Waals surface area contributed by atoms with E-state index in [9.17, 15) is 8.42 Å². The van der Waals surface area contributed by atoms with Gasteiger partial charge < -0.3 is 9.80 Å². The van der Waals surface area contributed by atoms with Crippen molar-refractivity contribution in [3.63, 3.8) is 0 Å². The van der Waals surface area contributed by atoms with Crippen LogP contribution in [0.15, 0.2) is 28.2 Å². The molecule has 1 heterocycles. The average molecular weight is 284 g/mol. The highest BCUT2D eigenvalue weighted by Crippen LogP contribution is 2.13. The molecule has 0 radical (unpaired) electrons. The molecule has 19 heavy (non-hydrogen) atoms. The molecule has 0 amide bonds. The third-order valence-electron chi connectivity index (χ3n) is 2.42. The van der Waals surface area contributed by atoms with E-state index in [1.165, 1.54) is 6.26 Å². The van der Waals surface area contributed by atoms with Crippen LogP contribution in [0.3, 0.4) is 0 Å². The van der Waals surface area contributed by atoms with Crippen molar-refractivity contribution in [1.29, 1.82) is 0 Å². The zero-order chi connectivity index (χ0) is 14.6. The van der Waals surface area contributed by atoms with Crippen LogP contribution in [0, 0.1) is 0 Å². The zero-order valence-corrected chi connectivity index (χ0v) is 12.8. The van der Waals surface area contributed by atoms with Crippen LogP contribution in [0.4, 0.5) is 0 Å². The Morgan fingerprint density at radius 2 is 1.84 bits per heavy atom. The number of sulfone groups is 1. The van der Waals surface area contributed by atoms with E-state index >= 15 is 0 Å². The topological polar surface area (TPSA) is 65.9 Å². The Bertz CT molecular complexity index is 555. The summed E-state index contributed by atoms with van der Waals surface area (Å²) in [4.78, 5) is 12.5. The third kappa shape index (κ3) is 4.20. The molecule has 0 saturated carbocycles. The fourth-order valence-corrected chi connectivity index (χ4v) is 2.58. The highest BCUT2D eigenvalue weighted by Gasteiger charge is 2.14. The van der Waals surface area contributed by atoms with Crippen LogP contribution in [-0.4, -0.2) is 63.6 Å². The molecule has 0 fully saturated rings. The van der Waals surface area contributed by atoms with E-state index in [1.54, 1.807) is 18.3 Å². The lowest BCUT2D eigenvalue weighted by atomic mass is 10.3. The van der Waals surface area contributed by atoms with Gasteiger partial charge in [-0.05, 0) is 12.1 Å². The molecule has 1 aromatic rings. The summed E-state index contributed by atoms with van der Waals surface area (Å²) in [6.07, 6.45) is 2.75. The number of hydrogen-bond donors (Lipinski definition) is 0. The molecule has 0 saturated heterocycles. The number of rotatable bonds is 3. The first-order chi connectivity index (χ1) is 8.73. The van der Waals surface area contributed by atoms with Gasteiger partial charge in [0, 0.05) is 40.6 Å². The summed E-state index contributed by atoms with van der Waals surface area (Å²) in [5, 5.41) is 0. The van der Waals surface area contributed by atoms with Gasteiger partial charge in [-0.15, -0.1) is 0 Å². The summed E-state index contributed by atoms with van der Waals surface area (Å²) in [6.45, 7) is 0.231. The normalized spacial score (nSPS) is 11.0. The van der Waals surface area contributed by atoms with E-state index in [1.807, 2.05) is 38.0 Å². The lowest BCUT2D eigenvalue weighted by Gasteiger charge is -2.22. The highest BCUT2D eigenvalue weighted by atomic mass is 32.2. The van der Waals surface area contributed by atoms with E-state index in [0.717, 1.165) is 5.96 Å². The van der Waals surface area contributed by atoms with Crippen LogP contribution in [0.5, 0.6) is 0 Å². The first-order valence-corrected chi connectivity index (χ1v) is 7.65. The van der Waals surface area contributed by atoms with Crippen molar-refractivity contribution in [2.75, 3.05) is 34.4 Å². The number of aliphatic imine (C=N–C) groups is 1. The molecule has 0 aliphatic heterocycles. The first-order valence-electron chi connectivity index (χ1n) is 5.76. The van der Waals surface area contributed by atoms with Gasteiger partial charge in [0.1, 0.15) is 0 Å². The maximum atomic E-state index is 11.7. The van der Waals surface area contributed by atoms with Crippen molar-refractivity contribution in [3.05, 3.63) is 24.0 Å². The van der Waals surface area contributed by atoms with Crippen molar-refractivity contribution in [2.24, 2.45) is 4.99 Å². The van der Waals surface area contributed by atoms with Crippen LogP contribution in [0.25, 0.3) is 0 Å². The minimum atomic E-state index is -3.28. The molecule has 1 rings (SSSR count). The molecule has 0 aromatic carbocycles. The largest absolute Gasteiger partial charge is 0.349 e. The lowest BCUT2D eigenvalue weighted by Crippen LogP contribution is -2.35. The molecular formula is C12H20N4O2S. The molecular weight excluding hydrogens is 264 g/mol. The molecule has 7 heteroatoms. The molecule has 1 aromatic heterocycles. The van der Waals surface area contributed by atoms with Gasteiger partial charge >= 0.3 is 0 Å². The Kier molecular flexibility index (Phi) is 4.88. The molecule has 0 bridgehead atoms. The molecule has 0 aliphatic carbocycles. The Morgan fingerprint density at radius 1 is 1.26 bits per heavy atom. The van der Waals surface area contributed by atoms with Gasteiger partial charge in [-0.3, -0.25) is 4.98 Å². The van der Waals surface area contributed by atoms with Gasteiger partial charge in [-0.2, -0.15) is 0 Å². The van der Waals surface area contributed by atoms with Crippen LogP contribution < -0.4 is 0 Å². The summed E-state index contributed by atoms with van der Waals surface area (Å²) in [7, 11) is 4.25. The highest BCUT2D eigenvalue weighted by molar-refractivity contribution is 7.90. The van der Waals surface area contributed by atoms with Gasteiger partial charge in [0.15, 0.2) is 15.8 Å². The quantitative estimate of drug-likeness (QED) is 0.596. The molecule has 0 atom stereocenters. The predicted octanol–water partition coefficient (Wildman–Crippen LogP) is 0.464. The van der Waals surface area contributed by atoms with Gasteiger partial charge in [0.2, 0.25) is 0 Å². The SMILES string of the molecule is CN(C)C(=NCc1ncccc1S(C)(=O)=O)N(C)C. The number of guanidine groups is 1. The smallest absolute Gasteiger partial charge is 0.195 e. The summed E-state index contributed by atoms with van der Waals surface area (Å²) in [5.74, 6) is 0.755. The Labute approximate surface area is 114 Å². The van der Waals surface area contributed by atoms with Crippen molar-refractivity contribution in [3.8, 4) is 0 Å². The summed E-state index contributed by atoms with van der Waals surface area (Å²) < 4.78 is 23.3. The van der Waals surface area contributed by atoms with Gasteiger partial charge in [-0.25, -0.2) is 13.4 Å². The maximum absolute atomic E-state index is 11.7. The number of pyridine rings is 1. The van der Waals surface area contributed by atoms with E-state index in [-0.39, 0.29) is 11.4 Å². The first kappa shape index (κ1) is 15.4. The van der Waals surface area contributed by atoms with Gasteiger partial charge in [0.05, 0.1) is 17.1 Å². The monoisotopic (exact) mass is 284 g/mol. The van der Waals surface area contributed by atoms with Crippen LogP contribution in [-0.2, 0) is 16.4 Å². The van der Waals surface area contributed by atoms with Crippen molar-refractivity contribution >= 4 is 15.8 Å². The Hall–Kier alpha value is -1.63. The summed E-state index contributed by atoms with van der Waals surface area (Å²) in [5.41, 5.74) is 0.464. The number of hydrogen-bond acceptors (Lipinski definition) is 4. The zero-order valence-electron chi connectivity index (χ0n) is 12.0. The van der Waals surface area contributed by atoms with E-state index in [2.05, 4.69) is 9.98 Å². The number of nitrogens with zero attached hydrogens (tertiary/aromatic N) is 4. The van der Waals surface area contributed by atoms with Crippen LogP contribution in [0.2, 0.25) is 0 Å². The summed E-state index contributed by atoms with van der Waals surface area (Å²) >= 11 is 0. The minimum absolute atomic E-state index is 0.231. The molecule has 0 aliphatic rings. The van der Waals surface area contributed by atoms with Gasteiger partial charge in [0.25, 0.3) is 0 Å². The van der Waals surface area contributed by atoms with Crippen LogP contribution >= 0.6 is 0 Å². The second-order valence-corrected chi connectivity index (χ2v) is 6.61. The second-order valence-electron chi connectivity index (χ2n) is 4.63. The second kappa shape index (κ2) is 6.01. The van der Waals surface area contributed by atoms with Crippen molar-refractivity contribution in [1.82, 2.24) is 14.8 Å².